The second-order valence-corrected chi connectivity index (χ2v) is 5.74. The van der Waals surface area contributed by atoms with E-state index in [2.05, 4.69) is 10.6 Å². The molecule has 19 heavy (non-hydrogen) atoms. The van der Waals surface area contributed by atoms with Crippen LogP contribution in [0.1, 0.15) is 45.4 Å². The zero-order valence-corrected chi connectivity index (χ0v) is 11.1. The molecule has 2 aliphatic rings. The van der Waals surface area contributed by atoms with Crippen molar-refractivity contribution >= 4 is 17.8 Å². The Hall–Kier alpha value is -1.59. The molecule has 0 aromatic rings. The smallest absolute Gasteiger partial charge is 0.329 e. The molecule has 106 valence electrons. The predicted molar refractivity (Wildman–Crippen MR) is 67.3 cm³/mol. The highest BCUT2D eigenvalue weighted by Crippen LogP contribution is 2.32. The highest BCUT2D eigenvalue weighted by atomic mass is 16.4. The van der Waals surface area contributed by atoms with Crippen molar-refractivity contribution in [3.63, 3.8) is 0 Å². The van der Waals surface area contributed by atoms with E-state index in [4.69, 9.17) is 0 Å². The maximum Gasteiger partial charge on any atom is 0.329 e. The fraction of sp³-hybridized carbons (Fsp3) is 0.769. The molecule has 2 rings (SSSR count). The Labute approximate surface area is 111 Å². The Morgan fingerprint density at radius 1 is 1.42 bits per heavy atom. The summed E-state index contributed by atoms with van der Waals surface area (Å²) >= 11 is 0. The molecule has 1 heterocycles. The van der Waals surface area contributed by atoms with E-state index in [0.717, 1.165) is 12.8 Å². The van der Waals surface area contributed by atoms with Crippen molar-refractivity contribution in [3.05, 3.63) is 0 Å². The van der Waals surface area contributed by atoms with E-state index in [1.807, 2.05) is 6.92 Å². The number of rotatable bonds is 3. The molecule has 0 aromatic heterocycles. The van der Waals surface area contributed by atoms with Gasteiger partial charge in [0.05, 0.1) is 0 Å². The lowest BCUT2D eigenvalue weighted by Gasteiger charge is -2.37. The topological polar surface area (TPSA) is 95.5 Å². The van der Waals surface area contributed by atoms with E-state index in [-0.39, 0.29) is 17.7 Å². The molecule has 1 saturated carbocycles. The first kappa shape index (κ1) is 13.8. The van der Waals surface area contributed by atoms with Gasteiger partial charge in [-0.05, 0) is 25.2 Å². The molecule has 0 radical (unpaired) electrons. The van der Waals surface area contributed by atoms with Gasteiger partial charge in [0.1, 0.15) is 11.6 Å². The van der Waals surface area contributed by atoms with Crippen molar-refractivity contribution in [2.75, 3.05) is 0 Å². The molecule has 6 nitrogen and oxygen atoms in total. The summed E-state index contributed by atoms with van der Waals surface area (Å²) in [7, 11) is 0. The number of carbonyl (C=O) groups is 3. The number of amides is 2. The van der Waals surface area contributed by atoms with Gasteiger partial charge < -0.3 is 15.7 Å². The van der Waals surface area contributed by atoms with Crippen LogP contribution in [0.3, 0.4) is 0 Å². The summed E-state index contributed by atoms with van der Waals surface area (Å²) in [5.74, 6) is -1.22. The van der Waals surface area contributed by atoms with Crippen molar-refractivity contribution in [1.29, 1.82) is 0 Å². The van der Waals surface area contributed by atoms with Gasteiger partial charge in [-0.1, -0.05) is 19.8 Å². The number of aliphatic carboxylic acids is 1. The molecule has 3 atom stereocenters. The van der Waals surface area contributed by atoms with Crippen LogP contribution in [0.25, 0.3) is 0 Å². The van der Waals surface area contributed by atoms with Crippen LogP contribution >= 0.6 is 0 Å². The van der Waals surface area contributed by atoms with Gasteiger partial charge in [0.2, 0.25) is 11.8 Å². The molecule has 3 N–H and O–H groups in total. The van der Waals surface area contributed by atoms with E-state index in [1.54, 1.807) is 0 Å². The maximum absolute atomic E-state index is 12.1. The standard InChI is InChI=1S/C13H20N2O4/c1-8-3-2-6-13(7-8,12(18)19)15-11(17)9-4-5-10(16)14-9/h8-9H,2-7H2,1H3,(H,14,16)(H,15,17)(H,18,19)/t8?,9-,13?/m0/s1. The van der Waals surface area contributed by atoms with Crippen LogP contribution in [-0.4, -0.2) is 34.5 Å². The summed E-state index contributed by atoms with van der Waals surface area (Å²) in [5.41, 5.74) is -1.16. The minimum absolute atomic E-state index is 0.151. The second-order valence-electron chi connectivity index (χ2n) is 5.74. The first-order valence-corrected chi connectivity index (χ1v) is 6.78. The average molecular weight is 268 g/mol. The molecule has 6 heteroatoms. The molecule has 1 aliphatic carbocycles. The molecule has 0 spiro atoms. The molecule has 2 amide bonds. The lowest BCUT2D eigenvalue weighted by atomic mass is 9.76. The average Bonchev–Trinajstić information content (AvgIpc) is 2.75. The summed E-state index contributed by atoms with van der Waals surface area (Å²) < 4.78 is 0. The van der Waals surface area contributed by atoms with E-state index in [1.165, 1.54) is 0 Å². The summed E-state index contributed by atoms with van der Waals surface area (Å²) in [6.45, 7) is 2.00. The van der Waals surface area contributed by atoms with E-state index >= 15 is 0 Å². The van der Waals surface area contributed by atoms with Gasteiger partial charge in [-0.3, -0.25) is 9.59 Å². The van der Waals surface area contributed by atoms with Crippen LogP contribution in [0.2, 0.25) is 0 Å². The third-order valence-electron chi connectivity index (χ3n) is 4.08. The van der Waals surface area contributed by atoms with Gasteiger partial charge in [0.25, 0.3) is 0 Å². The number of carboxylic acid groups (broad SMARTS) is 1. The van der Waals surface area contributed by atoms with Crippen molar-refractivity contribution in [2.24, 2.45) is 5.92 Å². The Kier molecular flexibility index (Phi) is 3.78. The van der Waals surface area contributed by atoms with Crippen LogP contribution in [0.5, 0.6) is 0 Å². The van der Waals surface area contributed by atoms with E-state index in [9.17, 15) is 19.5 Å². The molecule has 2 fully saturated rings. The lowest BCUT2D eigenvalue weighted by Crippen LogP contribution is -2.59. The predicted octanol–water partition coefficient (Wildman–Crippen LogP) is 0.415. The molecule has 0 bridgehead atoms. The van der Waals surface area contributed by atoms with Crippen LogP contribution in [0, 0.1) is 5.92 Å². The number of hydrogen-bond donors (Lipinski definition) is 3. The molecular weight excluding hydrogens is 248 g/mol. The summed E-state index contributed by atoms with van der Waals surface area (Å²) in [5, 5.41) is 14.7. The molecule has 2 unspecified atom stereocenters. The minimum atomic E-state index is -1.16. The number of carboxylic acids is 1. The summed E-state index contributed by atoms with van der Waals surface area (Å²) in [4.78, 5) is 34.7. The molecular formula is C13H20N2O4. The SMILES string of the molecule is CC1CCCC(NC(=O)[C@@H]2CCC(=O)N2)(C(=O)O)C1. The Morgan fingerprint density at radius 2 is 2.16 bits per heavy atom. The minimum Gasteiger partial charge on any atom is -0.480 e. The summed E-state index contributed by atoms with van der Waals surface area (Å²) in [6.07, 6.45) is 3.47. The number of hydrogen-bond acceptors (Lipinski definition) is 3. The fourth-order valence-corrected chi connectivity index (χ4v) is 3.05. The van der Waals surface area contributed by atoms with Crippen molar-refractivity contribution < 1.29 is 19.5 Å². The number of carbonyl (C=O) groups excluding carboxylic acids is 2. The van der Waals surface area contributed by atoms with Crippen LogP contribution in [0.15, 0.2) is 0 Å². The van der Waals surface area contributed by atoms with E-state index in [0.29, 0.717) is 25.7 Å². The third kappa shape index (κ3) is 2.88. The van der Waals surface area contributed by atoms with Gasteiger partial charge in [-0.25, -0.2) is 4.79 Å². The molecule has 1 aliphatic heterocycles. The van der Waals surface area contributed by atoms with Gasteiger partial charge >= 0.3 is 5.97 Å². The molecule has 1 saturated heterocycles. The normalized spacial score (nSPS) is 34.7. The van der Waals surface area contributed by atoms with Crippen LogP contribution in [-0.2, 0) is 14.4 Å². The van der Waals surface area contributed by atoms with Crippen molar-refractivity contribution in [1.82, 2.24) is 10.6 Å². The monoisotopic (exact) mass is 268 g/mol. The Bertz CT molecular complexity index is 409. The highest BCUT2D eigenvalue weighted by Gasteiger charge is 2.44. The second kappa shape index (κ2) is 5.19. The van der Waals surface area contributed by atoms with Gasteiger partial charge in [-0.15, -0.1) is 0 Å². The highest BCUT2D eigenvalue weighted by molar-refractivity contribution is 5.94. The van der Waals surface area contributed by atoms with Gasteiger partial charge in [-0.2, -0.15) is 0 Å². The van der Waals surface area contributed by atoms with Crippen LogP contribution < -0.4 is 10.6 Å². The van der Waals surface area contributed by atoms with Crippen LogP contribution in [0.4, 0.5) is 0 Å². The quantitative estimate of drug-likeness (QED) is 0.691. The summed E-state index contributed by atoms with van der Waals surface area (Å²) in [6, 6.07) is -0.582. The fourth-order valence-electron chi connectivity index (χ4n) is 3.05. The zero-order valence-electron chi connectivity index (χ0n) is 11.1. The lowest BCUT2D eigenvalue weighted by molar-refractivity contribution is -0.150. The van der Waals surface area contributed by atoms with E-state index < -0.39 is 17.6 Å². The zero-order chi connectivity index (χ0) is 14.0. The van der Waals surface area contributed by atoms with Crippen molar-refractivity contribution in [2.45, 2.75) is 57.0 Å². The largest absolute Gasteiger partial charge is 0.480 e. The Balaban J connectivity index is 2.06. The molecule has 0 aromatic carbocycles. The Morgan fingerprint density at radius 3 is 2.68 bits per heavy atom. The first-order valence-electron chi connectivity index (χ1n) is 6.78. The maximum atomic E-state index is 12.1. The van der Waals surface area contributed by atoms with Crippen molar-refractivity contribution in [3.8, 4) is 0 Å². The van der Waals surface area contributed by atoms with Gasteiger partial charge in [0.15, 0.2) is 0 Å². The number of nitrogens with one attached hydrogen (secondary N) is 2. The third-order valence-corrected chi connectivity index (χ3v) is 4.08. The van der Waals surface area contributed by atoms with Gasteiger partial charge in [0, 0.05) is 6.42 Å². The first-order chi connectivity index (χ1) is 8.93.